The van der Waals surface area contributed by atoms with E-state index in [4.69, 9.17) is 0 Å². The number of thioether (sulfide) groups is 1. The maximum atomic E-state index is 12.7. The van der Waals surface area contributed by atoms with Crippen molar-refractivity contribution in [1.82, 2.24) is 14.9 Å². The Labute approximate surface area is 145 Å². The van der Waals surface area contributed by atoms with Gasteiger partial charge in [0.25, 0.3) is 5.56 Å². The molecule has 0 aliphatic heterocycles. The van der Waals surface area contributed by atoms with E-state index < -0.39 is 23.9 Å². The van der Waals surface area contributed by atoms with Gasteiger partial charge in [0.2, 0.25) is 5.91 Å². The van der Waals surface area contributed by atoms with Gasteiger partial charge in [0.1, 0.15) is 6.54 Å². The maximum absolute atomic E-state index is 12.7. The second-order valence-corrected chi connectivity index (χ2v) is 7.22. The number of carbonyl (C=O) groups is 1. The van der Waals surface area contributed by atoms with Crippen molar-refractivity contribution < 1.29 is 18.0 Å². The first-order valence-electron chi connectivity index (χ1n) is 7.78. The number of amides is 1. The molecule has 1 atom stereocenters. The first-order chi connectivity index (χ1) is 11.8. The third kappa shape index (κ3) is 4.15. The lowest BCUT2D eigenvalue weighted by Crippen LogP contribution is -2.38. The molecule has 1 saturated carbocycles. The molecule has 1 aromatic carbocycles. The fourth-order valence-corrected chi connectivity index (χ4v) is 3.41. The molecule has 1 heterocycles. The van der Waals surface area contributed by atoms with Crippen LogP contribution in [0.25, 0.3) is 10.9 Å². The smallest absolute Gasteiger partial charge is 0.346 e. The molecule has 0 bridgehead atoms. The Hall–Kier alpha value is -2.03. The lowest BCUT2D eigenvalue weighted by molar-refractivity contribution is -0.137. The number of hydrogen-bond donors (Lipinski definition) is 1. The van der Waals surface area contributed by atoms with E-state index in [-0.39, 0.29) is 11.6 Å². The van der Waals surface area contributed by atoms with Crippen molar-refractivity contribution in [3.05, 3.63) is 34.6 Å². The minimum absolute atomic E-state index is 0.0394. The summed E-state index contributed by atoms with van der Waals surface area (Å²) in [5, 5.41) is 1.91. The summed E-state index contributed by atoms with van der Waals surface area (Å²) >= 11 is 0.999. The minimum atomic E-state index is -4.46. The molecule has 134 valence electrons. The molecule has 0 radical (unpaired) electrons. The van der Waals surface area contributed by atoms with Crippen LogP contribution in [0, 0.1) is 0 Å². The Morgan fingerprint density at radius 2 is 2.08 bits per heavy atom. The monoisotopic (exact) mass is 371 g/mol. The largest absolute Gasteiger partial charge is 0.405 e. The van der Waals surface area contributed by atoms with E-state index in [1.807, 2.05) is 5.32 Å². The Balaban J connectivity index is 1.86. The van der Waals surface area contributed by atoms with Gasteiger partial charge in [-0.25, -0.2) is 4.98 Å². The summed E-state index contributed by atoms with van der Waals surface area (Å²) < 4.78 is 38.3. The number of fused-ring (bicyclic) bond motifs is 1. The molecule has 1 aliphatic rings. The van der Waals surface area contributed by atoms with Crippen molar-refractivity contribution in [3.63, 3.8) is 0 Å². The molecule has 9 heteroatoms. The summed E-state index contributed by atoms with van der Waals surface area (Å²) in [7, 11) is 0. The second kappa shape index (κ2) is 6.70. The van der Waals surface area contributed by atoms with Crippen LogP contribution in [0.15, 0.2) is 34.2 Å². The van der Waals surface area contributed by atoms with Crippen LogP contribution in [0.2, 0.25) is 0 Å². The van der Waals surface area contributed by atoms with E-state index in [0.29, 0.717) is 16.1 Å². The number of benzene rings is 1. The number of aromatic nitrogens is 2. The summed E-state index contributed by atoms with van der Waals surface area (Å²) in [6.45, 7) is 0.117. The summed E-state index contributed by atoms with van der Waals surface area (Å²) in [6.07, 6.45) is -2.76. The average molecular weight is 371 g/mol. The van der Waals surface area contributed by atoms with Crippen molar-refractivity contribution in [2.45, 2.75) is 42.4 Å². The topological polar surface area (TPSA) is 64.0 Å². The van der Waals surface area contributed by atoms with Gasteiger partial charge in [0.05, 0.1) is 16.2 Å². The number of rotatable bonds is 5. The SMILES string of the molecule is C[C@@H](Sc1nc2ccccc2c(=O)n1C1CC1)C(=O)NCC(F)(F)F. The zero-order chi connectivity index (χ0) is 18.2. The maximum Gasteiger partial charge on any atom is 0.405 e. The molecule has 2 aromatic rings. The molecule has 0 unspecified atom stereocenters. The van der Waals surface area contributed by atoms with Gasteiger partial charge in [-0.15, -0.1) is 0 Å². The summed E-state index contributed by atoms with van der Waals surface area (Å²) in [6, 6.07) is 6.94. The second-order valence-electron chi connectivity index (χ2n) is 5.91. The van der Waals surface area contributed by atoms with Gasteiger partial charge in [-0.05, 0) is 31.9 Å². The van der Waals surface area contributed by atoms with Crippen molar-refractivity contribution in [1.29, 1.82) is 0 Å². The molecule has 1 aliphatic carbocycles. The van der Waals surface area contributed by atoms with Gasteiger partial charge in [-0.3, -0.25) is 14.2 Å². The molecular formula is C16H16F3N3O2S. The number of hydrogen-bond acceptors (Lipinski definition) is 4. The lowest BCUT2D eigenvalue weighted by atomic mass is 10.2. The normalized spacial score (nSPS) is 16.0. The van der Waals surface area contributed by atoms with E-state index in [2.05, 4.69) is 4.98 Å². The molecule has 5 nitrogen and oxygen atoms in total. The minimum Gasteiger partial charge on any atom is -0.346 e. The van der Waals surface area contributed by atoms with Gasteiger partial charge in [0.15, 0.2) is 5.16 Å². The standard InChI is InChI=1S/C16H16F3N3O2S/c1-9(13(23)20-8-16(17,18)19)25-15-21-12-5-3-2-4-11(12)14(24)22(15)10-6-7-10/h2-5,9-10H,6-8H2,1H3,(H,20,23)/t9-/m1/s1. The first kappa shape index (κ1) is 17.8. The average Bonchev–Trinajstić information content (AvgIpc) is 3.36. The van der Waals surface area contributed by atoms with E-state index in [9.17, 15) is 22.8 Å². The highest BCUT2D eigenvalue weighted by molar-refractivity contribution is 8.00. The van der Waals surface area contributed by atoms with E-state index in [1.54, 1.807) is 28.8 Å². The zero-order valence-corrected chi connectivity index (χ0v) is 14.2. The Morgan fingerprint density at radius 1 is 1.40 bits per heavy atom. The van der Waals surface area contributed by atoms with Crippen LogP contribution in [0.1, 0.15) is 25.8 Å². The predicted molar refractivity (Wildman–Crippen MR) is 88.7 cm³/mol. The van der Waals surface area contributed by atoms with Crippen LogP contribution >= 0.6 is 11.8 Å². The van der Waals surface area contributed by atoms with Gasteiger partial charge < -0.3 is 5.32 Å². The number of halogens is 3. The van der Waals surface area contributed by atoms with Crippen molar-refractivity contribution in [3.8, 4) is 0 Å². The zero-order valence-electron chi connectivity index (χ0n) is 13.3. The number of nitrogens with zero attached hydrogens (tertiary/aromatic N) is 2. The predicted octanol–water partition coefficient (Wildman–Crippen LogP) is 2.89. The van der Waals surface area contributed by atoms with Crippen molar-refractivity contribution in [2.24, 2.45) is 0 Å². The van der Waals surface area contributed by atoms with Crippen LogP contribution in [0.5, 0.6) is 0 Å². The quantitative estimate of drug-likeness (QED) is 0.648. The third-order valence-electron chi connectivity index (χ3n) is 3.80. The molecule has 0 saturated heterocycles. The highest BCUT2D eigenvalue weighted by atomic mass is 32.2. The first-order valence-corrected chi connectivity index (χ1v) is 8.66. The summed E-state index contributed by atoms with van der Waals surface area (Å²) in [5.74, 6) is -0.743. The number of alkyl halides is 3. The van der Waals surface area contributed by atoms with Crippen LogP contribution in [-0.2, 0) is 4.79 Å². The molecule has 25 heavy (non-hydrogen) atoms. The number of para-hydroxylation sites is 1. The van der Waals surface area contributed by atoms with Gasteiger partial charge in [0, 0.05) is 6.04 Å². The van der Waals surface area contributed by atoms with Crippen LogP contribution in [0.4, 0.5) is 13.2 Å². The molecule has 1 amide bonds. The highest BCUT2D eigenvalue weighted by Crippen LogP contribution is 2.37. The van der Waals surface area contributed by atoms with E-state index in [1.165, 1.54) is 6.92 Å². The number of nitrogens with one attached hydrogen (secondary N) is 1. The third-order valence-corrected chi connectivity index (χ3v) is 4.87. The van der Waals surface area contributed by atoms with Crippen LogP contribution in [-0.4, -0.2) is 33.4 Å². The van der Waals surface area contributed by atoms with Crippen molar-refractivity contribution >= 4 is 28.6 Å². The van der Waals surface area contributed by atoms with Gasteiger partial charge in [-0.2, -0.15) is 13.2 Å². The molecular weight excluding hydrogens is 355 g/mol. The molecule has 1 aromatic heterocycles. The van der Waals surface area contributed by atoms with Crippen LogP contribution in [0.3, 0.4) is 0 Å². The fourth-order valence-electron chi connectivity index (χ4n) is 2.41. The lowest BCUT2D eigenvalue weighted by Gasteiger charge is -2.16. The van der Waals surface area contributed by atoms with Crippen molar-refractivity contribution in [2.75, 3.05) is 6.54 Å². The summed E-state index contributed by atoms with van der Waals surface area (Å²) in [5.41, 5.74) is 0.327. The fraction of sp³-hybridized carbons (Fsp3) is 0.438. The Kier molecular flexibility index (Phi) is 4.77. The van der Waals surface area contributed by atoms with E-state index >= 15 is 0 Å². The van der Waals surface area contributed by atoms with E-state index in [0.717, 1.165) is 24.6 Å². The molecule has 3 rings (SSSR count). The molecule has 1 fully saturated rings. The van der Waals surface area contributed by atoms with Crippen LogP contribution < -0.4 is 10.9 Å². The Morgan fingerprint density at radius 3 is 2.72 bits per heavy atom. The molecule has 1 N–H and O–H groups in total. The van der Waals surface area contributed by atoms with Gasteiger partial charge >= 0.3 is 6.18 Å². The number of carbonyl (C=O) groups excluding carboxylic acids is 1. The summed E-state index contributed by atoms with van der Waals surface area (Å²) in [4.78, 5) is 29.0. The van der Waals surface area contributed by atoms with Gasteiger partial charge in [-0.1, -0.05) is 23.9 Å². The Bertz CT molecular complexity index is 862. The molecule has 0 spiro atoms. The highest BCUT2D eigenvalue weighted by Gasteiger charge is 2.31.